The highest BCUT2D eigenvalue weighted by Gasteiger charge is 2.04. The van der Waals surface area contributed by atoms with E-state index in [0.29, 0.717) is 12.1 Å². The maximum atomic E-state index is 11.3. The lowest BCUT2D eigenvalue weighted by Gasteiger charge is -1.96. The van der Waals surface area contributed by atoms with Crippen molar-refractivity contribution in [3.8, 4) is 5.75 Å². The summed E-state index contributed by atoms with van der Waals surface area (Å²) in [7, 11) is 0. The Kier molecular flexibility index (Phi) is 1.62. The number of phenolic OH excluding ortho intramolecular Hbond substituents is 1. The number of aromatic hydroxyl groups is 1. The molecule has 0 aliphatic rings. The summed E-state index contributed by atoms with van der Waals surface area (Å²) >= 11 is 0. The molecular formula is C9H10N2O2. The van der Waals surface area contributed by atoms with Gasteiger partial charge in [0.15, 0.2) is 0 Å². The van der Waals surface area contributed by atoms with Gasteiger partial charge in [-0.15, -0.1) is 0 Å². The number of benzene rings is 1. The maximum absolute atomic E-state index is 11.3. The molecule has 0 unspecified atom stereocenters. The highest BCUT2D eigenvalue weighted by Crippen LogP contribution is 2.16. The predicted molar refractivity (Wildman–Crippen MR) is 49.9 cm³/mol. The van der Waals surface area contributed by atoms with Crippen LogP contribution in [-0.4, -0.2) is 14.7 Å². The van der Waals surface area contributed by atoms with Crippen LogP contribution in [0.5, 0.6) is 5.75 Å². The van der Waals surface area contributed by atoms with E-state index in [1.165, 1.54) is 0 Å². The minimum Gasteiger partial charge on any atom is -0.508 e. The molecule has 0 aliphatic heterocycles. The Morgan fingerprint density at radius 2 is 2.31 bits per heavy atom. The van der Waals surface area contributed by atoms with Crippen LogP contribution in [0, 0.1) is 0 Å². The molecule has 68 valence electrons. The van der Waals surface area contributed by atoms with Gasteiger partial charge in [0.1, 0.15) is 5.75 Å². The van der Waals surface area contributed by atoms with Crippen molar-refractivity contribution in [2.24, 2.45) is 0 Å². The minimum atomic E-state index is -0.136. The first-order valence-electron chi connectivity index (χ1n) is 4.14. The molecule has 2 aromatic rings. The Morgan fingerprint density at radius 3 is 3.00 bits per heavy atom. The molecule has 0 spiro atoms. The summed E-state index contributed by atoms with van der Waals surface area (Å²) in [6, 6.07) is 4.84. The van der Waals surface area contributed by atoms with Gasteiger partial charge in [-0.3, -0.25) is 4.57 Å². The summed E-state index contributed by atoms with van der Waals surface area (Å²) in [5, 5.41) is 9.17. The number of nitrogens with one attached hydrogen (secondary N) is 1. The second-order valence-electron chi connectivity index (χ2n) is 2.88. The van der Waals surface area contributed by atoms with Gasteiger partial charge in [0.2, 0.25) is 0 Å². The van der Waals surface area contributed by atoms with E-state index in [1.807, 2.05) is 6.92 Å². The number of aryl methyl sites for hydroxylation is 1. The Labute approximate surface area is 74.4 Å². The van der Waals surface area contributed by atoms with Crippen LogP contribution >= 0.6 is 0 Å². The van der Waals surface area contributed by atoms with E-state index in [1.54, 1.807) is 22.8 Å². The average Bonchev–Trinajstić information content (AvgIpc) is 2.39. The van der Waals surface area contributed by atoms with Gasteiger partial charge in [0, 0.05) is 12.6 Å². The minimum absolute atomic E-state index is 0.136. The van der Waals surface area contributed by atoms with Gasteiger partial charge in [-0.1, -0.05) is 0 Å². The third-order valence-electron chi connectivity index (χ3n) is 2.07. The molecule has 2 rings (SSSR count). The van der Waals surface area contributed by atoms with Crippen LogP contribution in [0.15, 0.2) is 23.0 Å². The monoisotopic (exact) mass is 178 g/mol. The highest BCUT2D eigenvalue weighted by atomic mass is 16.3. The molecule has 1 aromatic heterocycles. The van der Waals surface area contributed by atoms with Crippen LogP contribution in [0.4, 0.5) is 0 Å². The summed E-state index contributed by atoms with van der Waals surface area (Å²) in [4.78, 5) is 14.0. The Hall–Kier alpha value is -1.71. The van der Waals surface area contributed by atoms with Crippen molar-refractivity contribution >= 4 is 11.0 Å². The van der Waals surface area contributed by atoms with Crippen molar-refractivity contribution in [1.29, 1.82) is 0 Å². The van der Waals surface area contributed by atoms with Crippen molar-refractivity contribution in [3.05, 3.63) is 28.7 Å². The number of hydrogen-bond donors (Lipinski definition) is 2. The molecule has 0 aliphatic carbocycles. The van der Waals surface area contributed by atoms with Crippen LogP contribution in [0.1, 0.15) is 6.92 Å². The Balaban J connectivity index is 2.87. The SMILES string of the molecule is CCn1c(=O)[nH]c2cc(O)ccc21. The fourth-order valence-electron chi connectivity index (χ4n) is 1.47. The number of phenols is 1. The Bertz CT molecular complexity index is 496. The molecule has 0 amide bonds. The molecule has 1 aromatic carbocycles. The van der Waals surface area contributed by atoms with E-state index in [4.69, 9.17) is 0 Å². The first-order valence-corrected chi connectivity index (χ1v) is 4.14. The van der Waals surface area contributed by atoms with Gasteiger partial charge < -0.3 is 10.1 Å². The van der Waals surface area contributed by atoms with E-state index < -0.39 is 0 Å². The molecule has 0 saturated heterocycles. The molecule has 4 heteroatoms. The third-order valence-corrected chi connectivity index (χ3v) is 2.07. The van der Waals surface area contributed by atoms with Crippen LogP contribution in [0.3, 0.4) is 0 Å². The van der Waals surface area contributed by atoms with E-state index in [9.17, 15) is 9.90 Å². The van der Waals surface area contributed by atoms with Crippen molar-refractivity contribution < 1.29 is 5.11 Å². The maximum Gasteiger partial charge on any atom is 0.326 e. The quantitative estimate of drug-likeness (QED) is 0.685. The third kappa shape index (κ3) is 1.11. The van der Waals surface area contributed by atoms with Gasteiger partial charge in [-0.05, 0) is 19.1 Å². The zero-order valence-electron chi connectivity index (χ0n) is 7.24. The number of hydrogen-bond acceptors (Lipinski definition) is 2. The molecular weight excluding hydrogens is 168 g/mol. The predicted octanol–water partition coefficient (Wildman–Crippen LogP) is 1.06. The molecule has 2 N–H and O–H groups in total. The molecule has 0 fully saturated rings. The second-order valence-corrected chi connectivity index (χ2v) is 2.88. The standard InChI is InChI=1S/C9H10N2O2/c1-2-11-8-4-3-6(12)5-7(8)10-9(11)13/h3-5,12H,2H2,1H3,(H,10,13). The number of rotatable bonds is 1. The fourth-order valence-corrected chi connectivity index (χ4v) is 1.47. The summed E-state index contributed by atoms with van der Waals surface area (Å²) in [6.07, 6.45) is 0. The van der Waals surface area contributed by atoms with Crippen LogP contribution in [0.2, 0.25) is 0 Å². The average molecular weight is 178 g/mol. The summed E-state index contributed by atoms with van der Waals surface area (Å²) in [5.74, 6) is 0.164. The largest absolute Gasteiger partial charge is 0.508 e. The Morgan fingerprint density at radius 1 is 1.54 bits per heavy atom. The van der Waals surface area contributed by atoms with Crippen LogP contribution in [-0.2, 0) is 6.54 Å². The van der Waals surface area contributed by atoms with Crippen molar-refractivity contribution in [1.82, 2.24) is 9.55 Å². The van der Waals surface area contributed by atoms with Gasteiger partial charge in [-0.2, -0.15) is 0 Å². The van der Waals surface area contributed by atoms with E-state index in [-0.39, 0.29) is 11.4 Å². The molecule has 4 nitrogen and oxygen atoms in total. The summed E-state index contributed by atoms with van der Waals surface area (Å²) < 4.78 is 1.62. The van der Waals surface area contributed by atoms with Crippen molar-refractivity contribution in [2.75, 3.05) is 0 Å². The lowest BCUT2D eigenvalue weighted by atomic mass is 10.3. The van der Waals surface area contributed by atoms with Gasteiger partial charge in [0.25, 0.3) is 0 Å². The van der Waals surface area contributed by atoms with Crippen LogP contribution < -0.4 is 5.69 Å². The summed E-state index contributed by atoms with van der Waals surface area (Å²) in [6.45, 7) is 2.53. The first-order chi connectivity index (χ1) is 6.22. The fraction of sp³-hybridized carbons (Fsp3) is 0.222. The molecule has 0 saturated carbocycles. The molecule has 0 radical (unpaired) electrons. The number of nitrogens with zero attached hydrogens (tertiary/aromatic N) is 1. The molecule has 0 bridgehead atoms. The van der Waals surface area contributed by atoms with Crippen LogP contribution in [0.25, 0.3) is 11.0 Å². The number of imidazole rings is 1. The smallest absolute Gasteiger partial charge is 0.326 e. The summed E-state index contributed by atoms with van der Waals surface area (Å²) in [5.41, 5.74) is 1.36. The highest BCUT2D eigenvalue weighted by molar-refractivity contribution is 5.76. The van der Waals surface area contributed by atoms with Gasteiger partial charge in [0.05, 0.1) is 11.0 Å². The number of fused-ring (bicyclic) bond motifs is 1. The van der Waals surface area contributed by atoms with Gasteiger partial charge in [-0.25, -0.2) is 4.79 Å². The second kappa shape index (κ2) is 2.65. The first kappa shape index (κ1) is 7.91. The molecule has 0 atom stereocenters. The topological polar surface area (TPSA) is 58.0 Å². The number of H-pyrrole nitrogens is 1. The number of aromatic amines is 1. The molecule has 13 heavy (non-hydrogen) atoms. The molecule has 1 heterocycles. The van der Waals surface area contributed by atoms with E-state index in [2.05, 4.69) is 4.98 Å². The van der Waals surface area contributed by atoms with Crippen molar-refractivity contribution in [2.45, 2.75) is 13.5 Å². The number of aromatic nitrogens is 2. The van der Waals surface area contributed by atoms with Crippen molar-refractivity contribution in [3.63, 3.8) is 0 Å². The van der Waals surface area contributed by atoms with E-state index >= 15 is 0 Å². The normalized spacial score (nSPS) is 10.8. The van der Waals surface area contributed by atoms with Gasteiger partial charge >= 0.3 is 5.69 Å². The zero-order valence-corrected chi connectivity index (χ0v) is 7.24. The zero-order chi connectivity index (χ0) is 9.42. The van der Waals surface area contributed by atoms with E-state index in [0.717, 1.165) is 5.52 Å². The lowest BCUT2D eigenvalue weighted by molar-refractivity contribution is 0.476. The lowest BCUT2D eigenvalue weighted by Crippen LogP contribution is -2.14.